The van der Waals surface area contributed by atoms with Crippen molar-refractivity contribution in [3.8, 4) is 17.3 Å². The maximum atomic E-state index is 12.4. The van der Waals surface area contributed by atoms with Gasteiger partial charge < -0.3 is 14.8 Å². The molecule has 0 fully saturated rings. The predicted molar refractivity (Wildman–Crippen MR) is 100 cm³/mol. The Balaban J connectivity index is 1.68. The van der Waals surface area contributed by atoms with Crippen molar-refractivity contribution >= 4 is 11.6 Å². The van der Waals surface area contributed by atoms with Crippen molar-refractivity contribution in [2.45, 2.75) is 20.0 Å². The molecular weight excluding hydrogens is 330 g/mol. The third kappa shape index (κ3) is 4.03. The summed E-state index contributed by atoms with van der Waals surface area (Å²) < 4.78 is 12.7. The van der Waals surface area contributed by atoms with Crippen molar-refractivity contribution < 1.29 is 14.3 Å². The molecule has 6 nitrogen and oxygen atoms in total. The zero-order chi connectivity index (χ0) is 18.5. The van der Waals surface area contributed by atoms with Crippen molar-refractivity contribution in [3.63, 3.8) is 0 Å². The number of hydrogen-bond acceptors (Lipinski definition) is 4. The molecule has 1 atom stereocenters. The minimum Gasteiger partial charge on any atom is -0.497 e. The van der Waals surface area contributed by atoms with Gasteiger partial charge in [0.1, 0.15) is 5.75 Å². The molecule has 0 spiro atoms. The topological polar surface area (TPSA) is 65.4 Å². The lowest BCUT2D eigenvalue weighted by atomic mass is 10.3. The number of methoxy groups -OCH3 is 1. The standard InChI is InChI=1S/C20H21N3O3/c1-14-13-23(17-9-5-4-6-10-17)22-20(14)26-15(2)19(24)21-16-8-7-11-18(12-16)25-3/h4-13,15H,1-3H3,(H,21,24)/t15-/m1/s1. The van der Waals surface area contributed by atoms with Gasteiger partial charge in [0.2, 0.25) is 5.88 Å². The Hall–Kier alpha value is -3.28. The van der Waals surface area contributed by atoms with Gasteiger partial charge in [-0.3, -0.25) is 4.79 Å². The molecule has 3 aromatic rings. The number of benzene rings is 2. The number of ether oxygens (including phenoxy) is 2. The molecule has 0 aliphatic rings. The zero-order valence-electron chi connectivity index (χ0n) is 15.0. The van der Waals surface area contributed by atoms with E-state index >= 15 is 0 Å². The highest BCUT2D eigenvalue weighted by molar-refractivity contribution is 5.94. The van der Waals surface area contributed by atoms with Crippen molar-refractivity contribution in [1.29, 1.82) is 0 Å². The Morgan fingerprint density at radius 2 is 1.92 bits per heavy atom. The summed E-state index contributed by atoms with van der Waals surface area (Å²) in [7, 11) is 1.58. The van der Waals surface area contributed by atoms with E-state index in [0.29, 0.717) is 17.3 Å². The molecule has 6 heteroatoms. The van der Waals surface area contributed by atoms with Crippen LogP contribution < -0.4 is 14.8 Å². The lowest BCUT2D eigenvalue weighted by Crippen LogP contribution is -2.30. The second-order valence-electron chi connectivity index (χ2n) is 5.88. The number of para-hydroxylation sites is 1. The predicted octanol–water partition coefficient (Wildman–Crippen LogP) is 3.60. The number of nitrogens with one attached hydrogen (secondary N) is 1. The summed E-state index contributed by atoms with van der Waals surface area (Å²) in [5.41, 5.74) is 2.44. The van der Waals surface area contributed by atoms with Crippen LogP contribution in [0.4, 0.5) is 5.69 Å². The number of amides is 1. The van der Waals surface area contributed by atoms with E-state index in [1.54, 1.807) is 30.8 Å². The molecule has 3 rings (SSSR count). The van der Waals surface area contributed by atoms with Gasteiger partial charge in [-0.25, -0.2) is 4.68 Å². The highest BCUT2D eigenvalue weighted by atomic mass is 16.5. The number of aromatic nitrogens is 2. The number of carbonyl (C=O) groups is 1. The average molecular weight is 351 g/mol. The SMILES string of the molecule is COc1cccc(NC(=O)[C@@H](C)Oc2nn(-c3ccccc3)cc2C)c1. The fourth-order valence-electron chi connectivity index (χ4n) is 2.44. The van der Waals surface area contributed by atoms with Crippen LogP contribution in [0.5, 0.6) is 11.6 Å². The van der Waals surface area contributed by atoms with Crippen LogP contribution in [0.25, 0.3) is 5.69 Å². The first kappa shape index (κ1) is 17.5. The Labute approximate surface area is 152 Å². The number of rotatable bonds is 6. The molecule has 0 bridgehead atoms. The molecule has 0 unspecified atom stereocenters. The normalized spacial score (nSPS) is 11.7. The number of nitrogens with zero attached hydrogens (tertiary/aromatic N) is 2. The molecule has 1 amide bonds. The van der Waals surface area contributed by atoms with E-state index in [9.17, 15) is 4.79 Å². The summed E-state index contributed by atoms with van der Waals surface area (Å²) in [5.74, 6) is 0.850. The molecule has 2 aromatic carbocycles. The first-order chi connectivity index (χ1) is 12.6. The number of carbonyl (C=O) groups excluding carboxylic acids is 1. The van der Waals surface area contributed by atoms with Crippen LogP contribution in [0.15, 0.2) is 60.8 Å². The van der Waals surface area contributed by atoms with E-state index in [1.807, 2.05) is 55.6 Å². The van der Waals surface area contributed by atoms with Crippen LogP contribution >= 0.6 is 0 Å². The van der Waals surface area contributed by atoms with Crippen molar-refractivity contribution in [1.82, 2.24) is 9.78 Å². The zero-order valence-corrected chi connectivity index (χ0v) is 15.0. The fraction of sp³-hybridized carbons (Fsp3) is 0.200. The molecular formula is C20H21N3O3. The molecule has 1 heterocycles. The van der Waals surface area contributed by atoms with Crippen molar-refractivity contribution in [2.75, 3.05) is 12.4 Å². The first-order valence-electron chi connectivity index (χ1n) is 8.30. The van der Waals surface area contributed by atoms with Gasteiger partial charge in [0.25, 0.3) is 5.91 Å². The fourth-order valence-corrected chi connectivity index (χ4v) is 2.44. The lowest BCUT2D eigenvalue weighted by Gasteiger charge is -2.14. The van der Waals surface area contributed by atoms with E-state index in [1.165, 1.54) is 0 Å². The van der Waals surface area contributed by atoms with E-state index in [4.69, 9.17) is 9.47 Å². The van der Waals surface area contributed by atoms with Gasteiger partial charge in [-0.1, -0.05) is 24.3 Å². The summed E-state index contributed by atoms with van der Waals surface area (Å²) in [6, 6.07) is 16.9. The molecule has 0 radical (unpaired) electrons. The van der Waals surface area contributed by atoms with Gasteiger partial charge in [0, 0.05) is 23.5 Å². The van der Waals surface area contributed by atoms with Crippen LogP contribution in [0.3, 0.4) is 0 Å². The average Bonchev–Trinajstić information content (AvgIpc) is 3.03. The van der Waals surface area contributed by atoms with Gasteiger partial charge >= 0.3 is 0 Å². The van der Waals surface area contributed by atoms with Crippen molar-refractivity contribution in [2.24, 2.45) is 0 Å². The highest BCUT2D eigenvalue weighted by Gasteiger charge is 2.18. The summed E-state index contributed by atoms with van der Waals surface area (Å²) in [4.78, 5) is 12.4. The quantitative estimate of drug-likeness (QED) is 0.737. The van der Waals surface area contributed by atoms with Gasteiger partial charge in [0.15, 0.2) is 6.10 Å². The van der Waals surface area contributed by atoms with Crippen LogP contribution in [0, 0.1) is 6.92 Å². The van der Waals surface area contributed by atoms with Gasteiger partial charge in [-0.2, -0.15) is 0 Å². The maximum absolute atomic E-state index is 12.4. The molecule has 134 valence electrons. The Kier molecular flexibility index (Phi) is 5.22. The van der Waals surface area contributed by atoms with Gasteiger partial charge in [0.05, 0.1) is 12.8 Å². The molecule has 0 aliphatic carbocycles. The third-order valence-corrected chi connectivity index (χ3v) is 3.87. The smallest absolute Gasteiger partial charge is 0.265 e. The first-order valence-corrected chi connectivity index (χ1v) is 8.30. The maximum Gasteiger partial charge on any atom is 0.265 e. The van der Waals surface area contributed by atoms with Crippen LogP contribution in [0.1, 0.15) is 12.5 Å². The Morgan fingerprint density at radius 3 is 2.65 bits per heavy atom. The van der Waals surface area contributed by atoms with E-state index < -0.39 is 6.10 Å². The summed E-state index contributed by atoms with van der Waals surface area (Å²) >= 11 is 0. The van der Waals surface area contributed by atoms with E-state index in [-0.39, 0.29) is 5.91 Å². The summed E-state index contributed by atoms with van der Waals surface area (Å²) in [6.07, 6.45) is 1.18. The van der Waals surface area contributed by atoms with Crippen LogP contribution in [0.2, 0.25) is 0 Å². The number of hydrogen-bond donors (Lipinski definition) is 1. The Bertz CT molecular complexity index is 890. The summed E-state index contributed by atoms with van der Waals surface area (Å²) in [6.45, 7) is 3.59. The second-order valence-corrected chi connectivity index (χ2v) is 5.88. The Morgan fingerprint density at radius 1 is 1.15 bits per heavy atom. The van der Waals surface area contributed by atoms with Crippen molar-refractivity contribution in [3.05, 3.63) is 66.4 Å². The number of aryl methyl sites for hydroxylation is 1. The summed E-state index contributed by atoms with van der Waals surface area (Å²) in [5, 5.41) is 7.25. The second kappa shape index (κ2) is 7.74. The third-order valence-electron chi connectivity index (χ3n) is 3.87. The molecule has 0 saturated heterocycles. The molecule has 1 N–H and O–H groups in total. The van der Waals surface area contributed by atoms with E-state index in [2.05, 4.69) is 10.4 Å². The van der Waals surface area contributed by atoms with Crippen LogP contribution in [-0.4, -0.2) is 28.9 Å². The minimum absolute atomic E-state index is 0.257. The molecule has 1 aromatic heterocycles. The monoisotopic (exact) mass is 351 g/mol. The van der Waals surface area contributed by atoms with Gasteiger partial charge in [-0.05, 0) is 38.1 Å². The van der Waals surface area contributed by atoms with Gasteiger partial charge in [-0.15, -0.1) is 5.10 Å². The van der Waals surface area contributed by atoms with E-state index in [0.717, 1.165) is 11.3 Å². The molecule has 26 heavy (non-hydrogen) atoms. The van der Waals surface area contributed by atoms with Crippen LogP contribution in [-0.2, 0) is 4.79 Å². The molecule has 0 aliphatic heterocycles. The molecule has 0 saturated carbocycles. The number of anilines is 1. The largest absolute Gasteiger partial charge is 0.497 e. The highest BCUT2D eigenvalue weighted by Crippen LogP contribution is 2.20. The lowest BCUT2D eigenvalue weighted by molar-refractivity contribution is -0.122. The minimum atomic E-state index is -0.695.